The van der Waals surface area contributed by atoms with Crippen LogP contribution in [0.25, 0.3) is 17.4 Å². The number of furan rings is 1. The van der Waals surface area contributed by atoms with E-state index < -0.39 is 0 Å². The second-order valence-corrected chi connectivity index (χ2v) is 8.43. The molecule has 1 aliphatic heterocycles. The minimum absolute atomic E-state index is 0.245. The summed E-state index contributed by atoms with van der Waals surface area (Å²) in [5.41, 5.74) is 2.50. The molecule has 0 spiro atoms. The molecule has 32 heavy (non-hydrogen) atoms. The van der Waals surface area contributed by atoms with Crippen molar-refractivity contribution in [2.24, 2.45) is 0 Å². The molecule has 1 amide bonds. The zero-order valence-electron chi connectivity index (χ0n) is 17.9. The van der Waals surface area contributed by atoms with Crippen LogP contribution >= 0.6 is 23.2 Å². The van der Waals surface area contributed by atoms with Gasteiger partial charge in [0.1, 0.15) is 11.5 Å². The Morgan fingerprint density at radius 1 is 1.03 bits per heavy atom. The van der Waals surface area contributed by atoms with Crippen LogP contribution in [0.3, 0.4) is 0 Å². The highest BCUT2D eigenvalue weighted by Crippen LogP contribution is 2.34. The molecule has 1 aliphatic rings. The van der Waals surface area contributed by atoms with Gasteiger partial charge in [-0.15, -0.1) is 0 Å². The van der Waals surface area contributed by atoms with E-state index in [1.807, 2.05) is 54.6 Å². The number of rotatable bonds is 6. The van der Waals surface area contributed by atoms with Gasteiger partial charge in [0.15, 0.2) is 0 Å². The van der Waals surface area contributed by atoms with E-state index in [1.54, 1.807) is 6.08 Å². The van der Waals surface area contributed by atoms with Crippen LogP contribution in [-0.4, -0.2) is 43.5 Å². The van der Waals surface area contributed by atoms with Crippen molar-refractivity contribution in [1.82, 2.24) is 4.90 Å². The van der Waals surface area contributed by atoms with E-state index in [9.17, 15) is 4.79 Å². The lowest BCUT2D eigenvalue weighted by Gasteiger charge is -2.36. The normalized spacial score (nSPS) is 14.8. The smallest absolute Gasteiger partial charge is 0.248 e. The van der Waals surface area contributed by atoms with Gasteiger partial charge < -0.3 is 19.5 Å². The summed E-state index contributed by atoms with van der Waals surface area (Å²) >= 11 is 12.5. The zero-order valence-corrected chi connectivity index (χ0v) is 19.4. The minimum Gasteiger partial charge on any atom is -0.457 e. The Bertz CT molecular complexity index is 1100. The van der Waals surface area contributed by atoms with Crippen LogP contribution in [0.15, 0.2) is 65.1 Å². The summed E-state index contributed by atoms with van der Waals surface area (Å²) in [6.07, 6.45) is 3.11. The average Bonchev–Trinajstić information content (AvgIpc) is 3.28. The minimum atomic E-state index is -0.245. The molecule has 0 atom stereocenters. The molecule has 2 aromatic carbocycles. The quantitative estimate of drug-likeness (QED) is 0.446. The first-order valence-electron chi connectivity index (χ1n) is 10.6. The zero-order chi connectivity index (χ0) is 22.5. The van der Waals surface area contributed by atoms with Gasteiger partial charge in [-0.05, 0) is 61.2 Å². The molecule has 0 aliphatic carbocycles. The second kappa shape index (κ2) is 10.3. The molecule has 1 N–H and O–H groups in total. The summed E-state index contributed by atoms with van der Waals surface area (Å²) in [5.74, 6) is 1.06. The summed E-state index contributed by atoms with van der Waals surface area (Å²) in [5, 5.41) is 4.27. The number of anilines is 2. The molecule has 4 rings (SSSR count). The van der Waals surface area contributed by atoms with Crippen molar-refractivity contribution in [3.63, 3.8) is 0 Å². The van der Waals surface area contributed by atoms with Crippen LogP contribution in [0.2, 0.25) is 10.0 Å². The Morgan fingerprint density at radius 2 is 1.78 bits per heavy atom. The van der Waals surface area contributed by atoms with Gasteiger partial charge in [-0.25, -0.2) is 0 Å². The molecule has 1 fully saturated rings. The maximum atomic E-state index is 12.6. The fraction of sp³-hybridized carbons (Fsp3) is 0.240. The molecule has 166 valence electrons. The van der Waals surface area contributed by atoms with E-state index in [2.05, 4.69) is 22.0 Å². The number of carbonyl (C=O) groups excluding carboxylic acids is 1. The molecule has 7 heteroatoms. The number of nitrogens with zero attached hydrogens (tertiary/aromatic N) is 2. The average molecular weight is 470 g/mol. The third kappa shape index (κ3) is 5.36. The van der Waals surface area contributed by atoms with Gasteiger partial charge in [0, 0.05) is 42.8 Å². The molecule has 0 bridgehead atoms. The number of carbonyl (C=O) groups is 1. The van der Waals surface area contributed by atoms with Crippen molar-refractivity contribution in [1.29, 1.82) is 0 Å². The highest BCUT2D eigenvalue weighted by Gasteiger charge is 2.21. The highest BCUT2D eigenvalue weighted by atomic mass is 35.5. The highest BCUT2D eigenvalue weighted by molar-refractivity contribution is 6.34. The van der Waals surface area contributed by atoms with E-state index in [1.165, 1.54) is 6.08 Å². The first kappa shape index (κ1) is 22.5. The van der Waals surface area contributed by atoms with Gasteiger partial charge in [0.25, 0.3) is 0 Å². The number of hydrogen-bond donors (Lipinski definition) is 1. The van der Waals surface area contributed by atoms with E-state index in [0.29, 0.717) is 27.3 Å². The fourth-order valence-electron chi connectivity index (χ4n) is 3.77. The lowest BCUT2D eigenvalue weighted by molar-refractivity contribution is -0.111. The van der Waals surface area contributed by atoms with Gasteiger partial charge in [-0.2, -0.15) is 0 Å². The van der Waals surface area contributed by atoms with Gasteiger partial charge in [-0.1, -0.05) is 36.2 Å². The first-order valence-corrected chi connectivity index (χ1v) is 11.4. The van der Waals surface area contributed by atoms with E-state index in [4.69, 9.17) is 27.6 Å². The molecular formula is C25H25Cl2N3O2. The maximum Gasteiger partial charge on any atom is 0.248 e. The summed E-state index contributed by atoms with van der Waals surface area (Å²) in [7, 11) is 0. The third-order valence-corrected chi connectivity index (χ3v) is 6.09. The topological polar surface area (TPSA) is 48.7 Å². The summed E-state index contributed by atoms with van der Waals surface area (Å²) in [4.78, 5) is 17.3. The summed E-state index contributed by atoms with van der Waals surface area (Å²) in [6, 6.07) is 16.7. The van der Waals surface area contributed by atoms with Gasteiger partial charge in [-0.3, -0.25) is 4.79 Å². The van der Waals surface area contributed by atoms with Crippen molar-refractivity contribution in [3.05, 3.63) is 76.5 Å². The third-order valence-electron chi connectivity index (χ3n) is 5.53. The van der Waals surface area contributed by atoms with Crippen LogP contribution in [0.1, 0.15) is 12.7 Å². The number of hydrogen-bond acceptors (Lipinski definition) is 4. The molecule has 0 saturated carbocycles. The van der Waals surface area contributed by atoms with E-state index in [0.717, 1.165) is 44.0 Å². The second-order valence-electron chi connectivity index (χ2n) is 7.59. The maximum absolute atomic E-state index is 12.6. The van der Waals surface area contributed by atoms with Crippen molar-refractivity contribution >= 4 is 46.6 Å². The largest absolute Gasteiger partial charge is 0.457 e. The first-order chi connectivity index (χ1) is 15.5. The predicted molar refractivity (Wildman–Crippen MR) is 133 cm³/mol. The number of benzene rings is 2. The van der Waals surface area contributed by atoms with Crippen LogP contribution in [-0.2, 0) is 4.79 Å². The number of piperazine rings is 1. The Kier molecular flexibility index (Phi) is 7.20. The molecule has 0 radical (unpaired) electrons. The predicted octanol–water partition coefficient (Wildman–Crippen LogP) is 6.05. The lowest BCUT2D eigenvalue weighted by Crippen LogP contribution is -2.46. The van der Waals surface area contributed by atoms with Gasteiger partial charge in [0.05, 0.1) is 16.4 Å². The van der Waals surface area contributed by atoms with Gasteiger partial charge in [0.2, 0.25) is 5.91 Å². The fourth-order valence-corrected chi connectivity index (χ4v) is 4.19. The Balaban J connectivity index is 1.44. The Morgan fingerprint density at radius 3 is 2.50 bits per heavy atom. The standard InChI is InChI=1S/C25H25Cl2N3O2/c1-2-29-14-16-30(17-15-29)25-21(27)4-3-5-22(25)28-24(31)13-11-20-10-12-23(32-20)18-6-8-19(26)9-7-18/h3-13H,2,14-17H2,1H3,(H,28,31). The number of likely N-dealkylation sites (N-methyl/N-ethyl adjacent to an activating group) is 1. The van der Waals surface area contributed by atoms with Crippen LogP contribution < -0.4 is 10.2 Å². The Labute approximate surface area is 198 Å². The summed E-state index contributed by atoms with van der Waals surface area (Å²) < 4.78 is 5.82. The monoisotopic (exact) mass is 469 g/mol. The number of nitrogens with one attached hydrogen (secondary N) is 1. The van der Waals surface area contributed by atoms with Crippen LogP contribution in [0.4, 0.5) is 11.4 Å². The number of halogens is 2. The summed E-state index contributed by atoms with van der Waals surface area (Å²) in [6.45, 7) is 6.90. The molecule has 1 saturated heterocycles. The van der Waals surface area contributed by atoms with Crippen LogP contribution in [0, 0.1) is 0 Å². The van der Waals surface area contributed by atoms with Crippen molar-refractivity contribution in [3.8, 4) is 11.3 Å². The number of amides is 1. The molecular weight excluding hydrogens is 445 g/mol. The Hall–Kier alpha value is -2.73. The molecule has 5 nitrogen and oxygen atoms in total. The van der Waals surface area contributed by atoms with E-state index in [-0.39, 0.29) is 5.91 Å². The number of para-hydroxylation sites is 1. The molecule has 3 aromatic rings. The van der Waals surface area contributed by atoms with Crippen LogP contribution in [0.5, 0.6) is 0 Å². The SMILES string of the molecule is CCN1CCN(c2c(Cl)cccc2NC(=O)C=Cc2ccc(-c3ccc(Cl)cc3)o2)CC1. The van der Waals surface area contributed by atoms with Crippen molar-refractivity contribution in [2.75, 3.05) is 42.9 Å². The van der Waals surface area contributed by atoms with E-state index >= 15 is 0 Å². The van der Waals surface area contributed by atoms with Gasteiger partial charge >= 0.3 is 0 Å². The van der Waals surface area contributed by atoms with Crippen molar-refractivity contribution < 1.29 is 9.21 Å². The molecule has 1 aromatic heterocycles. The molecule has 0 unspecified atom stereocenters. The lowest BCUT2D eigenvalue weighted by atomic mass is 10.2. The van der Waals surface area contributed by atoms with Crippen molar-refractivity contribution in [2.45, 2.75) is 6.92 Å². The molecule has 2 heterocycles.